The summed E-state index contributed by atoms with van der Waals surface area (Å²) in [5, 5.41) is 0. The Bertz CT molecular complexity index is 1260. The van der Waals surface area contributed by atoms with Gasteiger partial charge in [-0.2, -0.15) is 4.31 Å². The molecule has 240 valence electrons. The Morgan fingerprint density at radius 3 is 2.33 bits per heavy atom. The zero-order chi connectivity index (χ0) is 31.0. The van der Waals surface area contributed by atoms with Gasteiger partial charge in [-0.15, -0.1) is 0 Å². The Kier molecular flexibility index (Phi) is 11.7. The third kappa shape index (κ3) is 8.60. The number of imidazole rings is 1. The third-order valence-corrected chi connectivity index (χ3v) is 10.9. The van der Waals surface area contributed by atoms with Gasteiger partial charge in [0.05, 0.1) is 17.5 Å². The molecule has 2 heterocycles. The van der Waals surface area contributed by atoms with Crippen LogP contribution < -0.4 is 5.73 Å². The van der Waals surface area contributed by atoms with Crippen molar-refractivity contribution >= 4 is 16.1 Å². The number of piperazine rings is 1. The number of carbonyl (C=O) groups is 1. The summed E-state index contributed by atoms with van der Waals surface area (Å²) in [6.07, 6.45) is 10.6. The third-order valence-electron chi connectivity index (χ3n) is 8.94. The van der Waals surface area contributed by atoms with Crippen molar-refractivity contribution in [3.8, 4) is 11.3 Å². The number of rotatable bonds is 12. The normalized spacial score (nSPS) is 18.1. The summed E-state index contributed by atoms with van der Waals surface area (Å²) in [5.41, 5.74) is 7.69. The zero-order valence-corrected chi connectivity index (χ0v) is 27.7. The van der Waals surface area contributed by atoms with Crippen LogP contribution in [0.5, 0.6) is 0 Å². The molecule has 0 spiro atoms. The lowest BCUT2D eigenvalue weighted by Crippen LogP contribution is -2.56. The highest BCUT2D eigenvalue weighted by atomic mass is 32.2. The molecular weight excluding hydrogens is 560 g/mol. The SMILES string of the molecule is CCCCS(=O)(=O)N1CCN(C(=O)N(CCCN)[C@@H](c2nc(-c3ccccc3)cn2CC2CCCCC2)C(C)(C)C)CC1. The van der Waals surface area contributed by atoms with Crippen molar-refractivity contribution < 1.29 is 13.2 Å². The first-order chi connectivity index (χ1) is 20.5. The predicted octanol–water partition coefficient (Wildman–Crippen LogP) is 5.74. The number of carbonyl (C=O) groups excluding carboxylic acids is 1. The molecule has 1 saturated heterocycles. The summed E-state index contributed by atoms with van der Waals surface area (Å²) in [7, 11) is -3.30. The Hall–Kier alpha value is -2.43. The van der Waals surface area contributed by atoms with Crippen molar-refractivity contribution in [2.75, 3.05) is 45.0 Å². The van der Waals surface area contributed by atoms with Crippen LogP contribution in [0.1, 0.15) is 90.9 Å². The van der Waals surface area contributed by atoms with Crippen molar-refractivity contribution in [3.05, 3.63) is 42.4 Å². The molecule has 0 bridgehead atoms. The van der Waals surface area contributed by atoms with E-state index in [1.165, 1.54) is 32.1 Å². The fourth-order valence-corrected chi connectivity index (χ4v) is 8.21. The smallest absolute Gasteiger partial charge is 0.320 e. The standard InChI is InChI=1S/C33H54N6O3S/c1-5-6-24-43(41,42)38-22-20-36(21-23-38)32(40)39(19-13-18-34)30(33(2,3)4)31-35-29(28-16-11-8-12-17-28)26-37(31)25-27-14-9-7-10-15-27/h8,11-12,16-17,26-27,30H,5-7,9-10,13-15,18-25,34H2,1-4H3/t30-/m0/s1. The molecule has 0 radical (unpaired) electrons. The van der Waals surface area contributed by atoms with Crippen LogP contribution in [0, 0.1) is 11.3 Å². The van der Waals surface area contributed by atoms with E-state index >= 15 is 0 Å². The van der Waals surface area contributed by atoms with E-state index in [0.717, 1.165) is 30.0 Å². The van der Waals surface area contributed by atoms with E-state index in [1.807, 2.05) is 34.9 Å². The van der Waals surface area contributed by atoms with E-state index < -0.39 is 10.0 Å². The molecule has 2 aromatic rings. The second kappa shape index (κ2) is 15.0. The number of hydrogen-bond acceptors (Lipinski definition) is 5. The number of aromatic nitrogens is 2. The lowest BCUT2D eigenvalue weighted by molar-refractivity contribution is 0.0746. The molecule has 4 rings (SSSR count). The van der Waals surface area contributed by atoms with Crippen LogP contribution >= 0.6 is 0 Å². The molecule has 2 fully saturated rings. The highest BCUT2D eigenvalue weighted by Crippen LogP contribution is 2.40. The van der Waals surface area contributed by atoms with Crippen LogP contribution in [0.15, 0.2) is 36.5 Å². The van der Waals surface area contributed by atoms with Crippen molar-refractivity contribution in [2.24, 2.45) is 17.1 Å². The maximum atomic E-state index is 14.4. The summed E-state index contributed by atoms with van der Waals surface area (Å²) in [4.78, 5) is 23.5. The summed E-state index contributed by atoms with van der Waals surface area (Å²) >= 11 is 0. The number of hydrogen-bond donors (Lipinski definition) is 1. The first kappa shape index (κ1) is 33.5. The fraction of sp³-hybridized carbons (Fsp3) is 0.697. The number of unbranched alkanes of at least 4 members (excludes halogenated alkanes) is 1. The van der Waals surface area contributed by atoms with Gasteiger partial charge in [0.15, 0.2) is 0 Å². The quantitative estimate of drug-likeness (QED) is 0.329. The Morgan fingerprint density at radius 1 is 1.05 bits per heavy atom. The number of urea groups is 1. The Balaban J connectivity index is 1.66. The molecule has 2 N–H and O–H groups in total. The number of benzene rings is 1. The van der Waals surface area contributed by atoms with Gasteiger partial charge in [-0.05, 0) is 43.6 Å². The first-order valence-electron chi connectivity index (χ1n) is 16.4. The molecule has 1 aromatic carbocycles. The molecule has 1 aliphatic carbocycles. The highest BCUT2D eigenvalue weighted by Gasteiger charge is 2.41. The lowest BCUT2D eigenvalue weighted by atomic mass is 9.84. The van der Waals surface area contributed by atoms with Gasteiger partial charge in [0, 0.05) is 51.0 Å². The van der Waals surface area contributed by atoms with E-state index in [4.69, 9.17) is 10.7 Å². The van der Waals surface area contributed by atoms with E-state index in [2.05, 4.69) is 43.7 Å². The van der Waals surface area contributed by atoms with Gasteiger partial charge in [-0.3, -0.25) is 0 Å². The van der Waals surface area contributed by atoms with E-state index in [1.54, 1.807) is 4.31 Å². The summed E-state index contributed by atoms with van der Waals surface area (Å²) in [6, 6.07) is 9.93. The maximum Gasteiger partial charge on any atom is 0.320 e. The molecular formula is C33H54N6O3S. The molecule has 2 aliphatic rings. The average molecular weight is 615 g/mol. The minimum atomic E-state index is -3.30. The van der Waals surface area contributed by atoms with Gasteiger partial charge in [-0.1, -0.05) is 83.7 Å². The van der Waals surface area contributed by atoms with Crippen molar-refractivity contribution in [3.63, 3.8) is 0 Å². The van der Waals surface area contributed by atoms with Crippen LogP contribution in [-0.2, 0) is 16.6 Å². The Labute approximate surface area is 259 Å². The van der Waals surface area contributed by atoms with Crippen molar-refractivity contribution in [1.82, 2.24) is 23.7 Å². The van der Waals surface area contributed by atoms with Crippen molar-refractivity contribution in [2.45, 2.75) is 91.6 Å². The zero-order valence-electron chi connectivity index (χ0n) is 26.9. The maximum absolute atomic E-state index is 14.4. The van der Waals surface area contributed by atoms with Crippen LogP contribution in [-0.4, -0.2) is 83.1 Å². The van der Waals surface area contributed by atoms with Gasteiger partial charge >= 0.3 is 6.03 Å². The topological polar surface area (TPSA) is 105 Å². The van der Waals surface area contributed by atoms with E-state index in [0.29, 0.717) is 58.0 Å². The number of nitrogens with two attached hydrogens (primary N) is 1. The minimum Gasteiger partial charge on any atom is -0.332 e. The first-order valence-corrected chi connectivity index (χ1v) is 18.0. The average Bonchev–Trinajstić information content (AvgIpc) is 3.40. The second-order valence-corrected chi connectivity index (χ2v) is 15.5. The molecule has 43 heavy (non-hydrogen) atoms. The van der Waals surface area contributed by atoms with Gasteiger partial charge in [0.2, 0.25) is 10.0 Å². The molecule has 1 atom stereocenters. The second-order valence-electron chi connectivity index (χ2n) is 13.4. The van der Waals surface area contributed by atoms with Crippen LogP contribution in [0.25, 0.3) is 11.3 Å². The number of sulfonamides is 1. The van der Waals surface area contributed by atoms with Gasteiger partial charge in [0.25, 0.3) is 0 Å². The molecule has 1 aliphatic heterocycles. The predicted molar refractivity (Wildman–Crippen MR) is 174 cm³/mol. The molecule has 9 nitrogen and oxygen atoms in total. The van der Waals surface area contributed by atoms with Crippen LogP contribution in [0.3, 0.4) is 0 Å². The fourth-order valence-electron chi connectivity index (χ4n) is 6.58. The van der Waals surface area contributed by atoms with Crippen LogP contribution in [0.4, 0.5) is 4.79 Å². The molecule has 2 amide bonds. The summed E-state index contributed by atoms with van der Waals surface area (Å²) < 4.78 is 29.5. The molecule has 0 unspecified atom stereocenters. The Morgan fingerprint density at radius 2 is 1.72 bits per heavy atom. The monoisotopic (exact) mass is 614 g/mol. The summed E-state index contributed by atoms with van der Waals surface area (Å²) in [6.45, 7) is 11.9. The number of nitrogens with zero attached hydrogens (tertiary/aromatic N) is 5. The molecule has 1 aromatic heterocycles. The van der Waals surface area contributed by atoms with Crippen molar-refractivity contribution in [1.29, 1.82) is 0 Å². The highest BCUT2D eigenvalue weighted by molar-refractivity contribution is 7.89. The van der Waals surface area contributed by atoms with E-state index in [-0.39, 0.29) is 23.2 Å². The molecule has 10 heteroatoms. The number of amides is 2. The van der Waals surface area contributed by atoms with E-state index in [9.17, 15) is 13.2 Å². The van der Waals surface area contributed by atoms with Crippen LogP contribution in [0.2, 0.25) is 0 Å². The summed E-state index contributed by atoms with van der Waals surface area (Å²) in [5.74, 6) is 1.68. The minimum absolute atomic E-state index is 0.0625. The largest absolute Gasteiger partial charge is 0.332 e. The van der Waals surface area contributed by atoms with Gasteiger partial charge < -0.3 is 20.1 Å². The van der Waals surface area contributed by atoms with Gasteiger partial charge in [-0.25, -0.2) is 18.2 Å². The lowest BCUT2D eigenvalue weighted by Gasteiger charge is -2.44. The molecule has 1 saturated carbocycles. The van der Waals surface area contributed by atoms with Gasteiger partial charge in [0.1, 0.15) is 5.82 Å².